The largest absolute Gasteiger partial charge is 0.468 e. The predicted octanol–water partition coefficient (Wildman–Crippen LogP) is 0.911. The summed E-state index contributed by atoms with van der Waals surface area (Å²) in [6.07, 6.45) is 3.07. The SMILES string of the molecule is OC1(CNCc2ccco2)CCOCC1. The Kier molecular flexibility index (Phi) is 3.41. The molecule has 4 heteroatoms. The van der Waals surface area contributed by atoms with E-state index < -0.39 is 5.60 Å². The highest BCUT2D eigenvalue weighted by Crippen LogP contribution is 2.19. The second-order valence-electron chi connectivity index (χ2n) is 4.02. The van der Waals surface area contributed by atoms with Gasteiger partial charge in [-0.1, -0.05) is 0 Å². The highest BCUT2D eigenvalue weighted by molar-refractivity contribution is 4.97. The molecule has 0 spiro atoms. The molecular formula is C11H17NO3. The van der Waals surface area contributed by atoms with Crippen molar-refractivity contribution in [3.8, 4) is 0 Å². The zero-order valence-electron chi connectivity index (χ0n) is 8.74. The molecule has 0 bridgehead atoms. The first-order valence-electron chi connectivity index (χ1n) is 5.32. The fraction of sp³-hybridized carbons (Fsp3) is 0.636. The highest BCUT2D eigenvalue weighted by atomic mass is 16.5. The number of rotatable bonds is 4. The molecule has 1 aromatic rings. The van der Waals surface area contributed by atoms with Crippen LogP contribution in [0.15, 0.2) is 22.8 Å². The second-order valence-corrected chi connectivity index (χ2v) is 4.02. The molecule has 1 aliphatic rings. The number of hydrogen-bond acceptors (Lipinski definition) is 4. The van der Waals surface area contributed by atoms with Gasteiger partial charge in [0.1, 0.15) is 5.76 Å². The summed E-state index contributed by atoms with van der Waals surface area (Å²) in [5, 5.41) is 13.3. The minimum absolute atomic E-state index is 0.594. The van der Waals surface area contributed by atoms with Crippen LogP contribution in [0.5, 0.6) is 0 Å². The number of ether oxygens (including phenoxy) is 1. The van der Waals surface area contributed by atoms with Crippen LogP contribution in [0.4, 0.5) is 0 Å². The van der Waals surface area contributed by atoms with E-state index in [0.717, 1.165) is 5.76 Å². The molecule has 0 unspecified atom stereocenters. The summed E-state index contributed by atoms with van der Waals surface area (Å²) in [5.74, 6) is 0.894. The molecular weight excluding hydrogens is 194 g/mol. The maximum atomic E-state index is 10.1. The Morgan fingerprint density at radius 3 is 2.87 bits per heavy atom. The highest BCUT2D eigenvalue weighted by Gasteiger charge is 2.29. The van der Waals surface area contributed by atoms with E-state index >= 15 is 0 Å². The smallest absolute Gasteiger partial charge is 0.117 e. The van der Waals surface area contributed by atoms with E-state index in [-0.39, 0.29) is 0 Å². The van der Waals surface area contributed by atoms with Gasteiger partial charge in [-0.25, -0.2) is 0 Å². The zero-order valence-corrected chi connectivity index (χ0v) is 8.74. The van der Waals surface area contributed by atoms with Gasteiger partial charge in [0.2, 0.25) is 0 Å². The molecule has 0 aromatic carbocycles. The minimum atomic E-state index is -0.606. The zero-order chi connectivity index (χ0) is 10.6. The van der Waals surface area contributed by atoms with Gasteiger partial charge < -0.3 is 19.6 Å². The van der Waals surface area contributed by atoms with Crippen LogP contribution in [-0.4, -0.2) is 30.5 Å². The summed E-state index contributed by atoms with van der Waals surface area (Å²) in [7, 11) is 0. The van der Waals surface area contributed by atoms with Gasteiger partial charge in [0.05, 0.1) is 18.4 Å². The van der Waals surface area contributed by atoms with E-state index in [9.17, 15) is 5.11 Å². The molecule has 0 amide bonds. The van der Waals surface area contributed by atoms with Crippen molar-refractivity contribution >= 4 is 0 Å². The van der Waals surface area contributed by atoms with E-state index in [1.54, 1.807) is 6.26 Å². The van der Waals surface area contributed by atoms with E-state index in [0.29, 0.717) is 39.1 Å². The molecule has 0 radical (unpaired) electrons. The fourth-order valence-corrected chi connectivity index (χ4v) is 1.76. The lowest BCUT2D eigenvalue weighted by Crippen LogP contribution is -2.44. The first-order valence-corrected chi connectivity index (χ1v) is 5.32. The standard InChI is InChI=1S/C11H17NO3/c13-11(3-6-14-7-4-11)9-12-8-10-2-1-5-15-10/h1-2,5,12-13H,3-4,6-9H2. The predicted molar refractivity (Wildman–Crippen MR) is 55.4 cm³/mol. The second kappa shape index (κ2) is 4.79. The normalized spacial score (nSPS) is 20.3. The molecule has 2 heterocycles. The van der Waals surface area contributed by atoms with Crippen LogP contribution < -0.4 is 5.32 Å². The van der Waals surface area contributed by atoms with Gasteiger partial charge in [0, 0.05) is 32.6 Å². The molecule has 1 fully saturated rings. The molecule has 2 N–H and O–H groups in total. The maximum Gasteiger partial charge on any atom is 0.117 e. The van der Waals surface area contributed by atoms with E-state index in [1.165, 1.54) is 0 Å². The molecule has 1 aromatic heterocycles. The van der Waals surface area contributed by atoms with Gasteiger partial charge in [-0.05, 0) is 12.1 Å². The Morgan fingerprint density at radius 1 is 1.40 bits per heavy atom. The van der Waals surface area contributed by atoms with Crippen LogP contribution in [0.3, 0.4) is 0 Å². The Hall–Kier alpha value is -0.840. The monoisotopic (exact) mass is 211 g/mol. The van der Waals surface area contributed by atoms with E-state index in [2.05, 4.69) is 5.32 Å². The Balaban J connectivity index is 1.72. The summed E-state index contributed by atoms with van der Waals surface area (Å²) in [6, 6.07) is 3.78. The molecule has 15 heavy (non-hydrogen) atoms. The van der Waals surface area contributed by atoms with Crippen molar-refractivity contribution in [2.45, 2.75) is 25.0 Å². The van der Waals surface area contributed by atoms with Crippen LogP contribution in [0.2, 0.25) is 0 Å². The third-order valence-corrected chi connectivity index (χ3v) is 2.76. The van der Waals surface area contributed by atoms with Crippen molar-refractivity contribution in [3.63, 3.8) is 0 Å². The summed E-state index contributed by atoms with van der Waals surface area (Å²) < 4.78 is 10.4. The van der Waals surface area contributed by atoms with Crippen molar-refractivity contribution in [2.75, 3.05) is 19.8 Å². The first-order chi connectivity index (χ1) is 7.29. The Morgan fingerprint density at radius 2 is 2.20 bits per heavy atom. The summed E-state index contributed by atoms with van der Waals surface area (Å²) >= 11 is 0. The number of aliphatic hydroxyl groups is 1. The summed E-state index contributed by atoms with van der Waals surface area (Å²) in [4.78, 5) is 0. The van der Waals surface area contributed by atoms with Crippen LogP contribution in [0, 0.1) is 0 Å². The number of hydrogen-bond donors (Lipinski definition) is 2. The number of nitrogens with one attached hydrogen (secondary N) is 1. The Labute approximate surface area is 89.2 Å². The van der Waals surface area contributed by atoms with Crippen LogP contribution in [0.25, 0.3) is 0 Å². The molecule has 0 saturated carbocycles. The number of furan rings is 1. The average Bonchev–Trinajstić information content (AvgIpc) is 2.71. The molecule has 1 aliphatic heterocycles. The van der Waals surface area contributed by atoms with Crippen LogP contribution in [0.1, 0.15) is 18.6 Å². The molecule has 84 valence electrons. The molecule has 2 rings (SSSR count). The Bertz CT molecular complexity index is 278. The molecule has 0 aliphatic carbocycles. The van der Waals surface area contributed by atoms with Gasteiger partial charge in [0.15, 0.2) is 0 Å². The van der Waals surface area contributed by atoms with Crippen LogP contribution in [-0.2, 0) is 11.3 Å². The van der Waals surface area contributed by atoms with Crippen molar-refractivity contribution in [3.05, 3.63) is 24.2 Å². The molecule has 1 saturated heterocycles. The summed E-state index contributed by atoms with van der Waals surface area (Å²) in [6.45, 7) is 2.56. The van der Waals surface area contributed by atoms with Gasteiger partial charge in [-0.3, -0.25) is 0 Å². The van der Waals surface area contributed by atoms with E-state index in [4.69, 9.17) is 9.15 Å². The maximum absolute atomic E-state index is 10.1. The lowest BCUT2D eigenvalue weighted by molar-refractivity contribution is -0.0618. The minimum Gasteiger partial charge on any atom is -0.468 e. The van der Waals surface area contributed by atoms with Gasteiger partial charge in [0.25, 0.3) is 0 Å². The molecule has 0 atom stereocenters. The topological polar surface area (TPSA) is 54.6 Å². The van der Waals surface area contributed by atoms with E-state index in [1.807, 2.05) is 12.1 Å². The molecule has 4 nitrogen and oxygen atoms in total. The lowest BCUT2D eigenvalue weighted by Gasteiger charge is -2.32. The quantitative estimate of drug-likeness (QED) is 0.777. The third-order valence-electron chi connectivity index (χ3n) is 2.76. The average molecular weight is 211 g/mol. The third kappa shape index (κ3) is 3.06. The van der Waals surface area contributed by atoms with Gasteiger partial charge in [-0.2, -0.15) is 0 Å². The van der Waals surface area contributed by atoms with Crippen molar-refractivity contribution < 1.29 is 14.3 Å². The van der Waals surface area contributed by atoms with Crippen LogP contribution >= 0.6 is 0 Å². The first kappa shape index (κ1) is 10.7. The van der Waals surface area contributed by atoms with Gasteiger partial charge >= 0.3 is 0 Å². The fourth-order valence-electron chi connectivity index (χ4n) is 1.76. The summed E-state index contributed by atoms with van der Waals surface area (Å²) in [5.41, 5.74) is -0.606. The lowest BCUT2D eigenvalue weighted by atomic mass is 9.94. The van der Waals surface area contributed by atoms with Crippen molar-refractivity contribution in [1.82, 2.24) is 5.32 Å². The van der Waals surface area contributed by atoms with Gasteiger partial charge in [-0.15, -0.1) is 0 Å². The van der Waals surface area contributed by atoms with Crippen molar-refractivity contribution in [1.29, 1.82) is 0 Å². The van der Waals surface area contributed by atoms with Crippen molar-refractivity contribution in [2.24, 2.45) is 0 Å².